The summed E-state index contributed by atoms with van der Waals surface area (Å²) < 4.78 is 23.1. The molecule has 7 rings (SSSR count). The number of nitrogens with one attached hydrogen (secondary N) is 1. The Morgan fingerprint density at radius 3 is 2.36 bits per heavy atom. The van der Waals surface area contributed by atoms with Crippen molar-refractivity contribution < 1.29 is 38.1 Å². The van der Waals surface area contributed by atoms with E-state index in [1.165, 1.54) is 19.3 Å². The first kappa shape index (κ1) is 37.8. The molecule has 2 aromatic heterocycles. The van der Waals surface area contributed by atoms with Crippen LogP contribution in [0.15, 0.2) is 29.1 Å². The van der Waals surface area contributed by atoms with E-state index in [0.29, 0.717) is 48.2 Å². The molecular formula is C39H49N5O9. The second-order valence-electron chi connectivity index (χ2n) is 14.5. The number of hydrogen-bond acceptors (Lipinski definition) is 11. The zero-order valence-corrected chi connectivity index (χ0v) is 31.4. The number of piperidine rings is 2. The Hall–Kier alpha value is -4.98. The number of aromatic nitrogens is 2. The highest BCUT2D eigenvalue weighted by Crippen LogP contribution is 2.39. The molecule has 14 heteroatoms. The summed E-state index contributed by atoms with van der Waals surface area (Å²) in [6.45, 7) is 14.5. The van der Waals surface area contributed by atoms with Crippen LogP contribution in [0.25, 0.3) is 22.3 Å². The number of carbonyl (C=O) groups is 4. The molecule has 6 heterocycles. The van der Waals surface area contributed by atoms with E-state index < -0.39 is 35.4 Å². The van der Waals surface area contributed by atoms with E-state index >= 15 is 0 Å². The van der Waals surface area contributed by atoms with Crippen LogP contribution in [-0.4, -0.2) is 81.4 Å². The third-order valence-corrected chi connectivity index (χ3v) is 10.0. The number of imide groups is 1. The molecule has 2 saturated heterocycles. The summed E-state index contributed by atoms with van der Waals surface area (Å²) in [5, 5.41) is 2.75. The Kier molecular flexibility index (Phi) is 11.1. The smallest absolute Gasteiger partial charge is 0.417 e. The Balaban J connectivity index is 0.00000236. The summed E-state index contributed by atoms with van der Waals surface area (Å²) >= 11 is 0. The Labute approximate surface area is 308 Å². The van der Waals surface area contributed by atoms with Crippen LogP contribution in [0.4, 0.5) is 14.4 Å². The Bertz CT molecular complexity index is 1970. The summed E-state index contributed by atoms with van der Waals surface area (Å²) in [7, 11) is 0. The van der Waals surface area contributed by atoms with E-state index in [1.54, 1.807) is 48.4 Å². The number of aryl methyl sites for hydroxylation is 1. The van der Waals surface area contributed by atoms with Crippen LogP contribution in [0.2, 0.25) is 0 Å². The van der Waals surface area contributed by atoms with Gasteiger partial charge in [-0.05, 0) is 95.8 Å². The number of ether oxygens (including phenoxy) is 4. The fourth-order valence-corrected chi connectivity index (χ4v) is 7.64. The lowest BCUT2D eigenvalue weighted by molar-refractivity contribution is -0.157. The molecule has 0 spiro atoms. The third-order valence-electron chi connectivity index (χ3n) is 10.0. The second-order valence-corrected chi connectivity index (χ2v) is 14.5. The molecule has 3 aromatic rings. The number of likely N-dealkylation sites (tertiary alicyclic amines) is 2. The van der Waals surface area contributed by atoms with Gasteiger partial charge >= 0.3 is 24.2 Å². The third kappa shape index (κ3) is 7.87. The average Bonchev–Trinajstić information content (AvgIpc) is 3.50. The number of rotatable bonds is 4. The molecule has 1 atom stereocenters. The van der Waals surface area contributed by atoms with E-state index in [9.17, 15) is 24.0 Å². The topological polar surface area (TPSA) is 159 Å². The number of nitrogens with zero attached hydrogens (tertiary/aromatic N) is 4. The monoisotopic (exact) mass is 731 g/mol. The van der Waals surface area contributed by atoms with E-state index in [1.807, 2.05) is 32.2 Å². The Morgan fingerprint density at radius 1 is 0.962 bits per heavy atom. The average molecular weight is 732 g/mol. The van der Waals surface area contributed by atoms with Crippen molar-refractivity contribution in [3.05, 3.63) is 56.9 Å². The number of hydrogen-bond donors (Lipinski definition) is 1. The molecule has 2 fully saturated rings. The summed E-state index contributed by atoms with van der Waals surface area (Å²) in [6.07, 6.45) is 2.07. The molecule has 0 aliphatic carbocycles. The van der Waals surface area contributed by atoms with Gasteiger partial charge in [0, 0.05) is 35.6 Å². The zero-order chi connectivity index (χ0) is 38.0. The van der Waals surface area contributed by atoms with Crippen molar-refractivity contribution in [2.45, 2.75) is 111 Å². The number of carbonyl (C=O) groups excluding carboxylic acids is 4. The van der Waals surface area contributed by atoms with Crippen LogP contribution in [0.1, 0.15) is 102 Å². The molecule has 3 amide bonds. The van der Waals surface area contributed by atoms with Crippen LogP contribution >= 0.6 is 0 Å². The number of amides is 3. The Morgan fingerprint density at radius 2 is 1.68 bits per heavy atom. The molecule has 4 aliphatic rings. The van der Waals surface area contributed by atoms with Crippen molar-refractivity contribution >= 4 is 35.2 Å². The predicted octanol–water partition coefficient (Wildman–Crippen LogP) is 6.22. The lowest BCUT2D eigenvalue weighted by atomic mass is 9.97. The van der Waals surface area contributed by atoms with Gasteiger partial charge in [0.25, 0.3) is 5.56 Å². The van der Waals surface area contributed by atoms with Crippen LogP contribution < -0.4 is 15.6 Å². The highest BCUT2D eigenvalue weighted by molar-refractivity contribution is 5.91. The number of alkyl carbamates (subject to hydrolysis) is 2. The van der Waals surface area contributed by atoms with Gasteiger partial charge < -0.3 is 33.3 Å². The number of cyclic esters (lactones) is 1. The maximum atomic E-state index is 13.8. The number of esters is 1. The van der Waals surface area contributed by atoms with Gasteiger partial charge in [0.2, 0.25) is 6.10 Å². The molecule has 0 radical (unpaired) electrons. The van der Waals surface area contributed by atoms with E-state index in [0.717, 1.165) is 42.4 Å². The molecule has 284 valence electrons. The van der Waals surface area contributed by atoms with Crippen molar-refractivity contribution in [3.8, 4) is 17.1 Å². The number of pyridine rings is 2. The van der Waals surface area contributed by atoms with E-state index in [-0.39, 0.29) is 30.4 Å². The highest BCUT2D eigenvalue weighted by Gasteiger charge is 2.38. The van der Waals surface area contributed by atoms with Crippen molar-refractivity contribution in [2.24, 2.45) is 0 Å². The lowest BCUT2D eigenvalue weighted by Crippen LogP contribution is -2.48. The van der Waals surface area contributed by atoms with Gasteiger partial charge in [-0.2, -0.15) is 0 Å². The van der Waals surface area contributed by atoms with Crippen LogP contribution in [-0.2, 0) is 38.6 Å². The molecule has 0 unspecified atom stereocenters. The van der Waals surface area contributed by atoms with Gasteiger partial charge in [-0.1, -0.05) is 27.2 Å². The van der Waals surface area contributed by atoms with Crippen molar-refractivity contribution in [1.82, 2.24) is 24.7 Å². The first-order valence-corrected chi connectivity index (χ1v) is 18.7. The molecule has 53 heavy (non-hydrogen) atoms. The first-order chi connectivity index (χ1) is 25.4. The van der Waals surface area contributed by atoms with E-state index in [4.69, 9.17) is 23.9 Å². The first-order valence-electron chi connectivity index (χ1n) is 18.7. The molecule has 0 saturated carbocycles. The summed E-state index contributed by atoms with van der Waals surface area (Å²) in [5.41, 5.74) is 2.52. The van der Waals surface area contributed by atoms with Gasteiger partial charge in [0.1, 0.15) is 18.0 Å². The highest BCUT2D eigenvalue weighted by atomic mass is 16.6. The fourth-order valence-electron chi connectivity index (χ4n) is 7.64. The summed E-state index contributed by atoms with van der Waals surface area (Å²) in [6, 6.07) is 7.49. The van der Waals surface area contributed by atoms with Crippen LogP contribution in [0, 0.1) is 0 Å². The van der Waals surface area contributed by atoms with Crippen molar-refractivity contribution in [2.75, 3.05) is 26.2 Å². The number of benzene rings is 1. The van der Waals surface area contributed by atoms with Gasteiger partial charge in [0.15, 0.2) is 0 Å². The minimum Gasteiger partial charge on any atom is -0.458 e. The van der Waals surface area contributed by atoms with Crippen molar-refractivity contribution in [1.29, 1.82) is 0 Å². The maximum Gasteiger partial charge on any atom is 0.417 e. The summed E-state index contributed by atoms with van der Waals surface area (Å²) in [5.74, 6) is -0.455. The van der Waals surface area contributed by atoms with Gasteiger partial charge in [-0.3, -0.25) is 4.79 Å². The van der Waals surface area contributed by atoms with E-state index in [2.05, 4.69) is 4.90 Å². The molecule has 14 nitrogen and oxygen atoms in total. The molecule has 1 aromatic carbocycles. The van der Waals surface area contributed by atoms with Gasteiger partial charge in [-0.15, -0.1) is 0 Å². The minimum absolute atomic E-state index is 0.164. The second kappa shape index (κ2) is 15.6. The molecule has 1 N–H and O–H groups in total. The standard InChI is InChI=1S/C37H43N5O9.C2H6/c1-5-23-24-17-22(49-36(47)41-15-11-21(12-16-41)40-13-7-6-8-14-40)9-10-28(24)38-30-26(23)19-42-29(30)18-25-27(32(42)43)20-48-33(44)31(25)50-34(45)39-35(46)51-37(2,3)4;1-2/h9-10,17-18,21,31H,5-8,11-16,19-20H2,1-4H3,(H,39,45,46);1-2H3/t31-;/m0./s1. The predicted molar refractivity (Wildman–Crippen MR) is 196 cm³/mol. The normalized spacial score (nSPS) is 18.5. The fraction of sp³-hybridized carbons (Fsp3) is 0.538. The summed E-state index contributed by atoms with van der Waals surface area (Å²) in [4.78, 5) is 73.8. The van der Waals surface area contributed by atoms with Crippen LogP contribution in [0.3, 0.4) is 0 Å². The molecule has 4 aliphatic heterocycles. The van der Waals surface area contributed by atoms with Gasteiger partial charge in [0.05, 0.1) is 29.0 Å². The largest absolute Gasteiger partial charge is 0.458 e. The zero-order valence-electron chi connectivity index (χ0n) is 31.4. The lowest BCUT2D eigenvalue weighted by Gasteiger charge is -2.39. The van der Waals surface area contributed by atoms with Gasteiger partial charge in [-0.25, -0.2) is 29.5 Å². The quantitative estimate of drug-likeness (QED) is 0.188. The number of fused-ring (bicyclic) bond motifs is 5. The van der Waals surface area contributed by atoms with Crippen LogP contribution in [0.5, 0.6) is 5.75 Å². The molecular weight excluding hydrogens is 682 g/mol. The SMILES string of the molecule is CC.CCc1c2c(nc3ccc(OC(=O)N4CCC(N5CCCCC5)CC4)cc13)-c1cc3c(c(=O)n1C2)COC(=O)[C@H]3OC(=O)NC(=O)OC(C)(C)C. The minimum atomic E-state index is -1.59. The van der Waals surface area contributed by atoms with Crippen molar-refractivity contribution in [3.63, 3.8) is 0 Å². The molecule has 0 bridgehead atoms. The maximum absolute atomic E-state index is 13.8.